The van der Waals surface area contributed by atoms with Crippen molar-refractivity contribution >= 4 is 37.9 Å². The lowest BCUT2D eigenvalue weighted by atomic mass is 10.2. The minimum Gasteiger partial charge on any atom is -0.443 e. The monoisotopic (exact) mass is 438 g/mol. The molecular formula is C14H13BrF2N2O5S. The Morgan fingerprint density at radius 2 is 1.92 bits per heavy atom. The number of aromatic nitrogens is 1. The fourth-order valence-electron chi connectivity index (χ4n) is 1.73. The quantitative estimate of drug-likeness (QED) is 0.676. The molecule has 0 aliphatic carbocycles. The van der Waals surface area contributed by atoms with Gasteiger partial charge in [-0.15, -0.1) is 4.31 Å². The number of carbonyl (C=O) groups is 1. The molecule has 0 radical (unpaired) electrons. The van der Waals surface area contributed by atoms with Gasteiger partial charge in [-0.1, -0.05) is 5.16 Å². The first-order valence-corrected chi connectivity index (χ1v) is 9.00. The number of hydrogen-bond donors (Lipinski definition) is 0. The summed E-state index contributed by atoms with van der Waals surface area (Å²) in [5, 5.41) is 3.39. The maximum absolute atomic E-state index is 14.3. The predicted octanol–water partition coefficient (Wildman–Crippen LogP) is 3.85. The van der Waals surface area contributed by atoms with E-state index < -0.39 is 48.5 Å². The lowest BCUT2D eigenvalue weighted by Crippen LogP contribution is -2.41. The molecule has 0 saturated carbocycles. The Kier molecular flexibility index (Phi) is 5.19. The Bertz CT molecular complexity index is 895. The number of amides is 1. The highest BCUT2D eigenvalue weighted by Crippen LogP contribution is 2.30. The molecule has 0 saturated heterocycles. The van der Waals surface area contributed by atoms with Crippen molar-refractivity contribution in [3.05, 3.63) is 40.6 Å². The van der Waals surface area contributed by atoms with Gasteiger partial charge in [-0.25, -0.2) is 22.0 Å². The van der Waals surface area contributed by atoms with Crippen molar-refractivity contribution in [2.45, 2.75) is 31.3 Å². The summed E-state index contributed by atoms with van der Waals surface area (Å²) in [5.41, 5.74) is -1.03. The second-order valence-electron chi connectivity index (χ2n) is 5.78. The average Bonchev–Trinajstić information content (AvgIpc) is 2.96. The minimum atomic E-state index is -4.80. The standard InChI is InChI=1S/C14H13BrF2N2O5S/c1-14(2,3)24-13(20)19(10-6-7-23-18-10)25(21,22)9-5-4-8(16)11(15)12(9)17/h4-7H,1-3H3. The van der Waals surface area contributed by atoms with Crippen LogP contribution in [-0.4, -0.2) is 25.3 Å². The van der Waals surface area contributed by atoms with Crippen molar-refractivity contribution in [2.24, 2.45) is 0 Å². The van der Waals surface area contributed by atoms with Crippen LogP contribution in [0.2, 0.25) is 0 Å². The predicted molar refractivity (Wildman–Crippen MR) is 86.5 cm³/mol. The van der Waals surface area contributed by atoms with Gasteiger partial charge in [0.25, 0.3) is 10.0 Å². The first-order chi connectivity index (χ1) is 11.4. The summed E-state index contributed by atoms with van der Waals surface area (Å²) in [6, 6.07) is 2.52. The molecular weight excluding hydrogens is 426 g/mol. The zero-order chi connectivity index (χ0) is 19.0. The third-order valence-electron chi connectivity index (χ3n) is 2.71. The molecule has 0 N–H and O–H groups in total. The van der Waals surface area contributed by atoms with Gasteiger partial charge in [-0.05, 0) is 48.8 Å². The number of anilines is 1. The summed E-state index contributed by atoms with van der Waals surface area (Å²) in [4.78, 5) is 11.4. The van der Waals surface area contributed by atoms with Gasteiger partial charge in [0.05, 0.1) is 4.47 Å². The van der Waals surface area contributed by atoms with Gasteiger partial charge >= 0.3 is 6.09 Å². The van der Waals surface area contributed by atoms with Crippen LogP contribution in [0.25, 0.3) is 0 Å². The van der Waals surface area contributed by atoms with Gasteiger partial charge in [0.1, 0.15) is 22.6 Å². The second-order valence-corrected chi connectivity index (χ2v) is 8.33. The van der Waals surface area contributed by atoms with Gasteiger partial charge in [-0.3, -0.25) is 0 Å². The summed E-state index contributed by atoms with van der Waals surface area (Å²) < 4.78 is 62.3. The van der Waals surface area contributed by atoms with Crippen LogP contribution in [0.3, 0.4) is 0 Å². The summed E-state index contributed by atoms with van der Waals surface area (Å²) >= 11 is 2.62. The van der Waals surface area contributed by atoms with Crippen LogP contribution in [0, 0.1) is 11.6 Å². The van der Waals surface area contributed by atoms with E-state index in [1.165, 1.54) is 20.8 Å². The maximum Gasteiger partial charge on any atom is 0.430 e. The Balaban J connectivity index is 2.61. The van der Waals surface area contributed by atoms with Crippen molar-refractivity contribution in [2.75, 3.05) is 4.31 Å². The van der Waals surface area contributed by atoms with E-state index in [1.54, 1.807) is 0 Å². The van der Waals surface area contributed by atoms with Crippen LogP contribution in [-0.2, 0) is 14.8 Å². The number of benzene rings is 1. The summed E-state index contributed by atoms with van der Waals surface area (Å²) in [5.74, 6) is -2.83. The van der Waals surface area contributed by atoms with E-state index in [9.17, 15) is 22.0 Å². The topological polar surface area (TPSA) is 89.7 Å². The van der Waals surface area contributed by atoms with E-state index in [1.807, 2.05) is 0 Å². The molecule has 0 bridgehead atoms. The van der Waals surface area contributed by atoms with E-state index >= 15 is 0 Å². The first kappa shape index (κ1) is 19.3. The smallest absolute Gasteiger partial charge is 0.430 e. The number of halogens is 3. The van der Waals surface area contributed by atoms with Crippen molar-refractivity contribution in [3.63, 3.8) is 0 Å². The van der Waals surface area contributed by atoms with Crippen LogP contribution in [0.1, 0.15) is 20.8 Å². The van der Waals surface area contributed by atoms with E-state index in [0.29, 0.717) is 6.07 Å². The number of hydrogen-bond acceptors (Lipinski definition) is 6. The summed E-state index contributed by atoms with van der Waals surface area (Å²) in [6.45, 7) is 4.56. The molecule has 1 aromatic carbocycles. The number of nitrogens with zero attached hydrogens (tertiary/aromatic N) is 2. The minimum absolute atomic E-state index is 0.143. The molecule has 0 unspecified atom stereocenters. The van der Waals surface area contributed by atoms with Crippen LogP contribution in [0.5, 0.6) is 0 Å². The summed E-state index contributed by atoms with van der Waals surface area (Å²) in [6.07, 6.45) is -0.291. The number of ether oxygens (including phenoxy) is 1. The van der Waals surface area contributed by atoms with Crippen molar-refractivity contribution < 1.29 is 31.3 Å². The van der Waals surface area contributed by atoms with E-state index in [4.69, 9.17) is 4.74 Å². The molecule has 1 amide bonds. The zero-order valence-corrected chi connectivity index (χ0v) is 15.7. The molecule has 1 aromatic heterocycles. The molecule has 136 valence electrons. The fourth-order valence-corrected chi connectivity index (χ4v) is 3.55. The lowest BCUT2D eigenvalue weighted by Gasteiger charge is -2.25. The van der Waals surface area contributed by atoms with Crippen LogP contribution < -0.4 is 4.31 Å². The van der Waals surface area contributed by atoms with E-state index in [-0.39, 0.29) is 4.31 Å². The second kappa shape index (κ2) is 6.71. The van der Waals surface area contributed by atoms with Crippen molar-refractivity contribution in [1.29, 1.82) is 0 Å². The van der Waals surface area contributed by atoms with Crippen molar-refractivity contribution in [3.8, 4) is 0 Å². The average molecular weight is 439 g/mol. The highest BCUT2D eigenvalue weighted by Gasteiger charge is 2.38. The number of sulfonamides is 1. The van der Waals surface area contributed by atoms with E-state index in [2.05, 4.69) is 25.6 Å². The molecule has 1 heterocycles. The SMILES string of the molecule is CC(C)(C)OC(=O)N(c1ccon1)S(=O)(=O)c1ccc(F)c(Br)c1F. The van der Waals surface area contributed by atoms with Crippen molar-refractivity contribution in [1.82, 2.24) is 5.16 Å². The Labute approximate surface area is 150 Å². The van der Waals surface area contributed by atoms with Crippen LogP contribution in [0.4, 0.5) is 19.4 Å². The lowest BCUT2D eigenvalue weighted by molar-refractivity contribution is 0.0607. The molecule has 11 heteroatoms. The van der Waals surface area contributed by atoms with Gasteiger partial charge in [0, 0.05) is 6.07 Å². The molecule has 7 nitrogen and oxygen atoms in total. The third-order valence-corrected chi connectivity index (χ3v) is 5.12. The Morgan fingerprint density at radius 1 is 1.28 bits per heavy atom. The molecule has 0 spiro atoms. The third kappa shape index (κ3) is 3.98. The molecule has 0 aliphatic rings. The fraction of sp³-hybridized carbons (Fsp3) is 0.286. The van der Waals surface area contributed by atoms with E-state index in [0.717, 1.165) is 18.4 Å². The number of carbonyl (C=O) groups excluding carboxylic acids is 1. The molecule has 0 aliphatic heterocycles. The highest BCUT2D eigenvalue weighted by molar-refractivity contribution is 9.10. The normalized spacial score (nSPS) is 12.1. The molecule has 0 fully saturated rings. The Hall–Kier alpha value is -2.01. The van der Waals surface area contributed by atoms with Gasteiger partial charge < -0.3 is 9.26 Å². The van der Waals surface area contributed by atoms with Gasteiger partial charge in [-0.2, -0.15) is 0 Å². The molecule has 0 atom stereocenters. The van der Waals surface area contributed by atoms with Crippen LogP contribution in [0.15, 0.2) is 38.4 Å². The summed E-state index contributed by atoms with van der Waals surface area (Å²) in [7, 11) is -4.80. The molecule has 25 heavy (non-hydrogen) atoms. The Morgan fingerprint density at radius 3 is 2.44 bits per heavy atom. The largest absolute Gasteiger partial charge is 0.443 e. The van der Waals surface area contributed by atoms with Crippen LogP contribution >= 0.6 is 15.9 Å². The highest BCUT2D eigenvalue weighted by atomic mass is 79.9. The van der Waals surface area contributed by atoms with Gasteiger partial charge in [0.2, 0.25) is 0 Å². The maximum atomic E-state index is 14.3. The molecule has 2 aromatic rings. The first-order valence-electron chi connectivity index (χ1n) is 6.77. The number of rotatable bonds is 3. The zero-order valence-electron chi connectivity index (χ0n) is 13.3. The molecule has 2 rings (SSSR count). The van der Waals surface area contributed by atoms with Gasteiger partial charge in [0.15, 0.2) is 11.6 Å².